The zero-order chi connectivity index (χ0) is 35.8. The average Bonchev–Trinajstić information content (AvgIpc) is 4.10. The minimum absolute atomic E-state index is 0.350. The van der Waals surface area contributed by atoms with Crippen LogP contribution in [-0.4, -0.2) is 13.7 Å². The number of ether oxygens (including phenoxy) is 2. The Morgan fingerprint density at radius 1 is 0.473 bits per heavy atom. The van der Waals surface area contributed by atoms with Crippen LogP contribution < -0.4 is 9.47 Å². The first kappa shape index (κ1) is 30.2. The molecule has 8 aliphatic carbocycles. The largest absolute Gasteiger partial charge is 0.496 e. The molecule has 0 radical (unpaired) electrons. The highest BCUT2D eigenvalue weighted by Crippen LogP contribution is 2.68. The number of rotatable bonds is 7. The van der Waals surface area contributed by atoms with E-state index < -0.39 is 0 Å². The van der Waals surface area contributed by atoms with E-state index in [1.807, 2.05) is 13.2 Å². The van der Waals surface area contributed by atoms with E-state index in [0.717, 1.165) is 43.8 Å². The number of unbranched alkanes of at least 4 members (excludes halogenated alkanes) is 2. The Morgan fingerprint density at radius 2 is 0.836 bits per heavy atom. The summed E-state index contributed by atoms with van der Waals surface area (Å²) in [5.41, 5.74) is 24.8. The molecule has 0 heterocycles. The molecule has 8 aliphatic rings. The minimum atomic E-state index is 0.350. The van der Waals surface area contributed by atoms with Crippen molar-refractivity contribution in [3.63, 3.8) is 0 Å². The van der Waals surface area contributed by atoms with Gasteiger partial charge in [0.1, 0.15) is 11.5 Å². The van der Waals surface area contributed by atoms with Gasteiger partial charge in [0.05, 0.1) is 13.7 Å². The molecule has 6 aromatic carbocycles. The van der Waals surface area contributed by atoms with Crippen LogP contribution in [0.5, 0.6) is 11.5 Å². The van der Waals surface area contributed by atoms with Crippen molar-refractivity contribution in [3.8, 4) is 11.5 Å². The third kappa shape index (κ3) is 3.56. The van der Waals surface area contributed by atoms with Crippen molar-refractivity contribution in [2.45, 2.75) is 92.3 Å². The van der Waals surface area contributed by atoms with Crippen molar-refractivity contribution in [2.75, 3.05) is 13.7 Å². The Morgan fingerprint density at radius 3 is 1.27 bits per heavy atom. The van der Waals surface area contributed by atoms with Crippen molar-refractivity contribution in [2.24, 2.45) is 0 Å². The second kappa shape index (κ2) is 10.4. The molecule has 55 heavy (non-hydrogen) atoms. The van der Waals surface area contributed by atoms with Gasteiger partial charge in [0.15, 0.2) is 0 Å². The number of allylic oxidation sites excluding steroid dienone is 1. The van der Waals surface area contributed by atoms with Crippen LogP contribution in [0.2, 0.25) is 0 Å². The summed E-state index contributed by atoms with van der Waals surface area (Å²) in [5, 5.41) is 2.53. The zero-order valence-corrected chi connectivity index (χ0v) is 31.5. The third-order valence-electron chi connectivity index (χ3n) is 16.2. The zero-order valence-electron chi connectivity index (χ0n) is 31.5. The summed E-state index contributed by atoms with van der Waals surface area (Å²) < 4.78 is 13.7. The lowest BCUT2D eigenvalue weighted by atomic mass is 9.76. The van der Waals surface area contributed by atoms with Gasteiger partial charge in [-0.1, -0.05) is 78.9 Å². The third-order valence-corrected chi connectivity index (χ3v) is 16.2. The first-order chi connectivity index (χ1) is 27.2. The van der Waals surface area contributed by atoms with Crippen molar-refractivity contribution < 1.29 is 9.47 Å². The van der Waals surface area contributed by atoms with Crippen LogP contribution in [0.3, 0.4) is 0 Å². The van der Waals surface area contributed by atoms with Gasteiger partial charge >= 0.3 is 0 Å². The molecule has 6 aromatic rings. The van der Waals surface area contributed by atoms with E-state index in [9.17, 15) is 0 Å². The minimum Gasteiger partial charge on any atom is -0.496 e. The van der Waals surface area contributed by atoms with Crippen LogP contribution in [0, 0.1) is 0 Å². The molecule has 14 rings (SSSR count). The molecule has 2 heteroatoms. The lowest BCUT2D eigenvalue weighted by Gasteiger charge is -2.30. The highest BCUT2D eigenvalue weighted by atomic mass is 16.5. The second-order valence-corrected chi connectivity index (χ2v) is 18.2. The summed E-state index contributed by atoms with van der Waals surface area (Å²) in [6.07, 6.45) is 10.0. The predicted molar refractivity (Wildman–Crippen MR) is 219 cm³/mol. The summed E-state index contributed by atoms with van der Waals surface area (Å²) in [5.74, 6) is 6.07. The van der Waals surface area contributed by atoms with Crippen LogP contribution in [0.15, 0.2) is 97.6 Å². The van der Waals surface area contributed by atoms with Gasteiger partial charge in [-0.2, -0.15) is 0 Å². The van der Waals surface area contributed by atoms with Crippen molar-refractivity contribution in [1.82, 2.24) is 0 Å². The Hall–Kier alpha value is -5.08. The molecule has 8 atom stereocenters. The first-order valence-corrected chi connectivity index (χ1v) is 21.2. The Balaban J connectivity index is 0.924. The molecule has 0 N–H and O–H groups in total. The van der Waals surface area contributed by atoms with Gasteiger partial charge in [-0.15, -0.1) is 6.58 Å². The fourth-order valence-electron chi connectivity index (χ4n) is 14.1. The standard InChI is InChI=1S/C53H44O2/c1-3-4-5-10-15-55-53-49-24-43-41-20-40(38-18-34-30-16-31(35(34)19-39(38)41)27-12-7-6-11-26(27)30)42(43)23-48(49)52(54-2)50-46-25-47(51(50)53)45-22-37-33-17-32(36(37)21-44(45)46)28-13-8-9-14-29(28)33/h3,6-9,11-14,18-19,21-24,30-33,40-41,46-47H,1,4-5,10,15-17,20,25H2,2H3. The molecule has 8 unspecified atom stereocenters. The Kier molecular flexibility index (Phi) is 5.71. The summed E-state index contributed by atoms with van der Waals surface area (Å²) in [4.78, 5) is 0. The van der Waals surface area contributed by atoms with Crippen molar-refractivity contribution in [1.29, 1.82) is 0 Å². The van der Waals surface area contributed by atoms with Gasteiger partial charge in [-0.25, -0.2) is 0 Å². The summed E-state index contributed by atoms with van der Waals surface area (Å²) in [6, 6.07) is 34.2. The van der Waals surface area contributed by atoms with Crippen molar-refractivity contribution >= 4 is 10.8 Å². The molecule has 0 saturated heterocycles. The highest BCUT2D eigenvalue weighted by Gasteiger charge is 2.51. The number of hydrogen-bond acceptors (Lipinski definition) is 2. The van der Waals surface area contributed by atoms with Crippen LogP contribution in [0.4, 0.5) is 0 Å². The number of hydrogen-bond donors (Lipinski definition) is 0. The van der Waals surface area contributed by atoms with E-state index in [-0.39, 0.29) is 0 Å². The molecule has 268 valence electrons. The number of benzene rings is 6. The van der Waals surface area contributed by atoms with E-state index in [2.05, 4.69) is 91.5 Å². The first-order valence-electron chi connectivity index (χ1n) is 21.2. The molecule has 0 aromatic heterocycles. The van der Waals surface area contributed by atoms with Crippen molar-refractivity contribution in [3.05, 3.63) is 187 Å². The lowest BCUT2D eigenvalue weighted by Crippen LogP contribution is -2.13. The maximum absolute atomic E-state index is 7.11. The lowest BCUT2D eigenvalue weighted by molar-refractivity contribution is 0.307. The molecular formula is C53H44O2. The fraction of sp³-hybridized carbons (Fsp3) is 0.321. The molecule has 0 amide bonds. The number of fused-ring (bicyclic) bond motifs is 33. The van der Waals surface area contributed by atoms with E-state index in [1.54, 1.807) is 66.8 Å². The van der Waals surface area contributed by atoms with Crippen LogP contribution in [0.1, 0.15) is 181 Å². The van der Waals surface area contributed by atoms with Gasteiger partial charge in [-0.3, -0.25) is 0 Å². The average molecular weight is 713 g/mol. The van der Waals surface area contributed by atoms with Gasteiger partial charge in [0.25, 0.3) is 0 Å². The smallest absolute Gasteiger partial charge is 0.131 e. The predicted octanol–water partition coefficient (Wildman–Crippen LogP) is 12.5. The Labute approximate surface area is 323 Å². The maximum Gasteiger partial charge on any atom is 0.131 e. The summed E-state index contributed by atoms with van der Waals surface area (Å²) >= 11 is 0. The van der Waals surface area contributed by atoms with E-state index >= 15 is 0 Å². The fourth-order valence-corrected chi connectivity index (χ4v) is 14.1. The quantitative estimate of drug-likeness (QED) is 0.121. The molecule has 0 aliphatic heterocycles. The molecule has 2 nitrogen and oxygen atoms in total. The summed E-state index contributed by atoms with van der Waals surface area (Å²) in [6.45, 7) is 4.71. The number of methoxy groups -OCH3 is 1. The SMILES string of the molecule is C=CCCCCOc1c2c(c(OC)c3cc4c(cc13)C1CC4c3cc4c(cc31)C1CC4c3ccccc31)C1CC2c2cc3c(cc21)C1CC3c2ccccc21. The van der Waals surface area contributed by atoms with Crippen LogP contribution in [-0.2, 0) is 0 Å². The molecule has 0 saturated carbocycles. The monoisotopic (exact) mass is 712 g/mol. The van der Waals surface area contributed by atoms with Gasteiger partial charge in [0, 0.05) is 69.2 Å². The maximum atomic E-state index is 7.11. The van der Waals surface area contributed by atoms with Gasteiger partial charge in [0.2, 0.25) is 0 Å². The molecule has 0 spiro atoms. The van der Waals surface area contributed by atoms with Gasteiger partial charge < -0.3 is 9.47 Å². The Bertz CT molecular complexity index is 2770. The van der Waals surface area contributed by atoms with E-state index in [0.29, 0.717) is 47.3 Å². The topological polar surface area (TPSA) is 18.5 Å². The molecule has 8 bridgehead atoms. The second-order valence-electron chi connectivity index (χ2n) is 18.2. The highest BCUT2D eigenvalue weighted by molar-refractivity contribution is 6.00. The normalized spacial score (nSPS) is 27.4. The van der Waals surface area contributed by atoms with E-state index in [1.165, 1.54) is 52.3 Å². The molecular weight excluding hydrogens is 669 g/mol. The van der Waals surface area contributed by atoms with Crippen LogP contribution in [0.25, 0.3) is 10.8 Å². The van der Waals surface area contributed by atoms with E-state index in [4.69, 9.17) is 9.47 Å². The summed E-state index contributed by atoms with van der Waals surface area (Å²) in [7, 11) is 1.92. The molecule has 0 fully saturated rings. The van der Waals surface area contributed by atoms with Gasteiger partial charge in [-0.05, 0) is 135 Å². The van der Waals surface area contributed by atoms with Crippen LogP contribution >= 0.6 is 0 Å².